The first-order valence-corrected chi connectivity index (χ1v) is 8.81. The van der Waals surface area contributed by atoms with Gasteiger partial charge in [0.05, 0.1) is 17.9 Å². The normalized spacial score (nSPS) is 33.6. The number of hydrogen-bond acceptors (Lipinski definition) is 9. The van der Waals surface area contributed by atoms with Crippen molar-refractivity contribution < 1.29 is 39.9 Å². The lowest BCUT2D eigenvalue weighted by Gasteiger charge is -2.38. The van der Waals surface area contributed by atoms with Gasteiger partial charge in [-0.25, -0.2) is 9.78 Å². The third-order valence-electron chi connectivity index (χ3n) is 3.65. The summed E-state index contributed by atoms with van der Waals surface area (Å²) >= 11 is 16.9. The van der Waals surface area contributed by atoms with E-state index in [1.807, 2.05) is 0 Å². The number of nitro groups is 1. The molecule has 148 valence electrons. The topological polar surface area (TPSA) is 152 Å². The van der Waals surface area contributed by atoms with Gasteiger partial charge in [0.2, 0.25) is 6.29 Å². The predicted octanol–water partition coefficient (Wildman–Crippen LogP) is -0.777. The van der Waals surface area contributed by atoms with Crippen molar-refractivity contribution in [1.82, 2.24) is 0 Å². The van der Waals surface area contributed by atoms with E-state index in [0.717, 1.165) is 0 Å². The second-order valence-electron chi connectivity index (χ2n) is 5.36. The maximum Gasteiger partial charge on any atom is 0.268 e. The summed E-state index contributed by atoms with van der Waals surface area (Å²) in [5, 5.41) is 48.7. The molecule has 1 fully saturated rings. The summed E-state index contributed by atoms with van der Waals surface area (Å²) in [5.41, 5.74) is 0. The maximum atomic E-state index is 11.2. The smallest absolute Gasteiger partial charge is 0.268 e. The molecule has 1 aliphatic heterocycles. The van der Waals surface area contributed by atoms with Crippen LogP contribution in [0.3, 0.4) is 0 Å². The Morgan fingerprint density at radius 2 is 1.92 bits per heavy atom. The van der Waals surface area contributed by atoms with Crippen molar-refractivity contribution in [2.45, 2.75) is 54.6 Å². The Kier molecular flexibility index (Phi) is 10.1. The van der Waals surface area contributed by atoms with E-state index in [-0.39, 0.29) is 12.3 Å². The Hall–Kier alpha value is -0.0100. The van der Waals surface area contributed by atoms with E-state index in [2.05, 4.69) is 0 Å². The zero-order valence-electron chi connectivity index (χ0n) is 12.9. The molecule has 4 N–H and O–H groups in total. The van der Waals surface area contributed by atoms with Gasteiger partial charge in [-0.1, -0.05) is 0 Å². The van der Waals surface area contributed by atoms with Gasteiger partial charge < -0.3 is 25.2 Å². The van der Waals surface area contributed by atoms with Crippen molar-refractivity contribution >= 4 is 34.8 Å². The molecule has 25 heavy (non-hydrogen) atoms. The third kappa shape index (κ3) is 5.99. The van der Waals surface area contributed by atoms with Gasteiger partial charge in [0.1, 0.15) is 24.4 Å². The van der Waals surface area contributed by atoms with Crippen LogP contribution in [-0.2, 0) is 14.5 Å². The summed E-state index contributed by atoms with van der Waals surface area (Å²) in [4.78, 5) is 20.1. The number of nitrogens with zero attached hydrogens (tertiary/aromatic N) is 1. The molecule has 8 atom stereocenters. The number of hydrogen-bond donors (Lipinski definition) is 4. The van der Waals surface area contributed by atoms with Crippen LogP contribution in [0, 0.1) is 10.1 Å². The third-order valence-corrected chi connectivity index (χ3v) is 4.71. The van der Waals surface area contributed by atoms with Crippen LogP contribution in [0.25, 0.3) is 0 Å². The summed E-state index contributed by atoms with van der Waals surface area (Å²) in [6.45, 7) is -0.567. The molecule has 0 aromatic heterocycles. The number of alkyl halides is 3. The second-order valence-corrected chi connectivity index (χ2v) is 6.55. The molecular formula is C12H20Cl3NO9. The van der Waals surface area contributed by atoms with E-state index in [4.69, 9.17) is 54.4 Å². The lowest BCUT2D eigenvalue weighted by Crippen LogP contribution is -2.57. The number of aliphatic hydroxyl groups excluding tert-OH is 4. The van der Waals surface area contributed by atoms with Gasteiger partial charge in [-0.3, -0.25) is 10.1 Å². The Bertz CT molecular complexity index is 419. The largest absolute Gasteiger partial charge is 0.394 e. The lowest BCUT2D eigenvalue weighted by molar-refractivity contribution is -0.564. The number of rotatable bonds is 10. The van der Waals surface area contributed by atoms with Gasteiger partial charge in [0.25, 0.3) is 6.04 Å². The number of aliphatic hydroxyl groups is 4. The molecule has 0 aromatic rings. The molecule has 1 saturated heterocycles. The summed E-state index contributed by atoms with van der Waals surface area (Å²) < 4.78 is 5.14. The molecule has 1 heterocycles. The van der Waals surface area contributed by atoms with Crippen LogP contribution in [0.1, 0.15) is 6.42 Å². The van der Waals surface area contributed by atoms with E-state index in [9.17, 15) is 25.4 Å². The molecule has 0 bridgehead atoms. The Labute approximate surface area is 158 Å². The van der Waals surface area contributed by atoms with Crippen LogP contribution in [0.15, 0.2) is 0 Å². The predicted molar refractivity (Wildman–Crippen MR) is 86.2 cm³/mol. The highest BCUT2D eigenvalue weighted by Crippen LogP contribution is 2.26. The Balaban J connectivity index is 2.75. The molecule has 1 rings (SSSR count). The quantitative estimate of drug-likeness (QED) is 0.152. The van der Waals surface area contributed by atoms with Gasteiger partial charge in [-0.15, -0.1) is 34.8 Å². The molecule has 10 nitrogen and oxygen atoms in total. The highest BCUT2D eigenvalue weighted by atomic mass is 35.5. The van der Waals surface area contributed by atoms with Crippen LogP contribution in [0.4, 0.5) is 0 Å². The lowest BCUT2D eigenvalue weighted by atomic mass is 10.0. The molecule has 0 saturated carbocycles. The molecule has 0 aliphatic carbocycles. The monoisotopic (exact) mass is 427 g/mol. The van der Waals surface area contributed by atoms with E-state index in [1.165, 1.54) is 0 Å². The fourth-order valence-corrected chi connectivity index (χ4v) is 2.97. The van der Waals surface area contributed by atoms with Crippen LogP contribution >= 0.6 is 34.8 Å². The highest BCUT2D eigenvalue weighted by molar-refractivity contribution is 6.21. The van der Waals surface area contributed by atoms with Crippen LogP contribution in [0.2, 0.25) is 0 Å². The van der Waals surface area contributed by atoms with Gasteiger partial charge in [-0.2, -0.15) is 0 Å². The fourth-order valence-electron chi connectivity index (χ4n) is 2.23. The molecule has 0 radical (unpaired) electrons. The van der Waals surface area contributed by atoms with Gasteiger partial charge in [0, 0.05) is 10.8 Å². The van der Waals surface area contributed by atoms with Crippen molar-refractivity contribution in [2.75, 3.05) is 18.4 Å². The number of ether oxygens (including phenoxy) is 1. The molecule has 5 unspecified atom stereocenters. The van der Waals surface area contributed by atoms with Crippen LogP contribution in [-0.4, -0.2) is 91.9 Å². The van der Waals surface area contributed by atoms with Gasteiger partial charge in [0.15, 0.2) is 6.10 Å². The van der Waals surface area contributed by atoms with Crippen molar-refractivity contribution in [3.05, 3.63) is 10.1 Å². The zero-order chi connectivity index (χ0) is 19.1. The average Bonchev–Trinajstić information content (AvgIpc) is 2.57. The zero-order valence-corrected chi connectivity index (χ0v) is 15.1. The van der Waals surface area contributed by atoms with Crippen LogP contribution < -0.4 is 0 Å². The van der Waals surface area contributed by atoms with Crippen molar-refractivity contribution in [3.63, 3.8) is 0 Å². The van der Waals surface area contributed by atoms with Crippen molar-refractivity contribution in [1.29, 1.82) is 0 Å². The molecular weight excluding hydrogens is 408 g/mol. The van der Waals surface area contributed by atoms with Crippen molar-refractivity contribution in [3.8, 4) is 0 Å². The average molecular weight is 429 g/mol. The first-order valence-electron chi connectivity index (χ1n) is 7.30. The minimum absolute atomic E-state index is 0.0205. The fraction of sp³-hybridized carbons (Fsp3) is 1.00. The number of halogens is 3. The molecule has 0 amide bonds. The summed E-state index contributed by atoms with van der Waals surface area (Å²) in [6.07, 6.45) is -8.69. The highest BCUT2D eigenvalue weighted by Gasteiger charge is 2.46. The maximum absolute atomic E-state index is 11.2. The minimum Gasteiger partial charge on any atom is -0.394 e. The summed E-state index contributed by atoms with van der Waals surface area (Å²) in [5.74, 6) is -0.439. The SMILES string of the molecule is O=[N+]([O-])C(C(O)CCCl)[C@@H](CCl)OO[C@@H]1OC(CO)[C@H](Cl)C(O)C1O. The molecule has 13 heteroatoms. The van der Waals surface area contributed by atoms with Gasteiger partial charge in [-0.05, 0) is 6.42 Å². The Morgan fingerprint density at radius 3 is 2.40 bits per heavy atom. The second kappa shape index (κ2) is 11.0. The standard InChI is InChI=1S/C12H20Cl3NO9/c13-2-1-5(18)9(16(21)22)6(3-14)24-25-12-11(20)10(19)8(15)7(4-17)23-12/h5-12,17-20H,1-4H2/t5?,6-,7?,8+,9?,10?,11?,12+/m1/s1. The van der Waals surface area contributed by atoms with E-state index in [1.54, 1.807) is 0 Å². The van der Waals surface area contributed by atoms with E-state index >= 15 is 0 Å². The van der Waals surface area contributed by atoms with Crippen LogP contribution in [0.5, 0.6) is 0 Å². The first kappa shape index (κ1) is 23.0. The van der Waals surface area contributed by atoms with E-state index in [0.29, 0.717) is 0 Å². The first-order chi connectivity index (χ1) is 11.8. The van der Waals surface area contributed by atoms with Gasteiger partial charge >= 0.3 is 0 Å². The summed E-state index contributed by atoms with van der Waals surface area (Å²) in [6, 6.07) is -1.64. The molecule has 0 spiro atoms. The molecule has 1 aliphatic rings. The molecule has 0 aromatic carbocycles. The van der Waals surface area contributed by atoms with Crippen molar-refractivity contribution in [2.24, 2.45) is 0 Å². The minimum atomic E-state index is -1.64. The van der Waals surface area contributed by atoms with E-state index < -0.39 is 65.6 Å². The summed E-state index contributed by atoms with van der Waals surface area (Å²) in [7, 11) is 0. The Morgan fingerprint density at radius 1 is 1.28 bits per heavy atom.